The average molecular weight is 282 g/mol. The van der Waals surface area contributed by atoms with Gasteiger partial charge in [0.15, 0.2) is 0 Å². The lowest BCUT2D eigenvalue weighted by atomic mass is 9.93. The normalized spacial score (nSPS) is 15.6. The van der Waals surface area contributed by atoms with Crippen molar-refractivity contribution in [3.05, 3.63) is 71.3 Å². The van der Waals surface area contributed by atoms with Crippen LogP contribution < -0.4 is 5.32 Å². The zero-order valence-electron chi connectivity index (χ0n) is 11.8. The largest absolute Gasteiger partial charge is 0.348 e. The van der Waals surface area contributed by atoms with Gasteiger partial charge in [0.1, 0.15) is 0 Å². The van der Waals surface area contributed by atoms with Crippen LogP contribution in [-0.2, 0) is 5.75 Å². The van der Waals surface area contributed by atoms with Gasteiger partial charge in [-0.3, -0.25) is 0 Å². The Labute approximate surface area is 125 Å². The van der Waals surface area contributed by atoms with E-state index in [-0.39, 0.29) is 0 Å². The lowest BCUT2D eigenvalue weighted by Gasteiger charge is -2.11. The van der Waals surface area contributed by atoms with Gasteiger partial charge in [0.2, 0.25) is 0 Å². The van der Waals surface area contributed by atoms with Crippen molar-refractivity contribution < 1.29 is 5.32 Å². The zero-order valence-corrected chi connectivity index (χ0v) is 12.6. The van der Waals surface area contributed by atoms with Gasteiger partial charge in [-0.1, -0.05) is 48.5 Å². The fourth-order valence-corrected chi connectivity index (χ4v) is 3.71. The van der Waals surface area contributed by atoms with Gasteiger partial charge in [-0.05, 0) is 28.3 Å². The zero-order chi connectivity index (χ0) is 13.8. The van der Waals surface area contributed by atoms with Gasteiger partial charge in [-0.15, -0.1) is 11.8 Å². The van der Waals surface area contributed by atoms with E-state index >= 15 is 0 Å². The molecule has 1 heterocycles. The van der Waals surface area contributed by atoms with E-state index < -0.39 is 0 Å². The first kappa shape index (κ1) is 13.5. The Kier molecular flexibility index (Phi) is 4.24. The molecule has 0 amide bonds. The van der Waals surface area contributed by atoms with Crippen LogP contribution in [-0.4, -0.2) is 13.6 Å². The van der Waals surface area contributed by atoms with E-state index in [1.165, 1.54) is 27.2 Å². The molecule has 1 aliphatic heterocycles. The molecule has 2 N–H and O–H groups in total. The highest BCUT2D eigenvalue weighted by Crippen LogP contribution is 2.39. The smallest absolute Gasteiger partial charge is 0.0788 e. The molecule has 0 aliphatic carbocycles. The summed E-state index contributed by atoms with van der Waals surface area (Å²) >= 11 is 1.95. The summed E-state index contributed by atoms with van der Waals surface area (Å²) in [4.78, 5) is 1.40. The van der Waals surface area contributed by atoms with E-state index in [1.807, 2.05) is 11.8 Å². The summed E-state index contributed by atoms with van der Waals surface area (Å²) in [6.45, 7) is 1.14. The first-order chi connectivity index (χ1) is 9.90. The molecule has 0 fully saturated rings. The molecule has 3 rings (SSSR count). The fourth-order valence-electron chi connectivity index (χ4n) is 2.64. The van der Waals surface area contributed by atoms with Gasteiger partial charge < -0.3 is 5.32 Å². The third kappa shape index (κ3) is 2.67. The van der Waals surface area contributed by atoms with Crippen molar-refractivity contribution in [2.45, 2.75) is 17.1 Å². The molecule has 0 bridgehead atoms. The molecule has 0 radical (unpaired) electrons. The Balaban J connectivity index is 2.11. The van der Waals surface area contributed by atoms with Gasteiger partial charge in [-0.2, -0.15) is 0 Å². The number of benzene rings is 2. The predicted octanol–water partition coefficient (Wildman–Crippen LogP) is 3.31. The summed E-state index contributed by atoms with van der Waals surface area (Å²) < 4.78 is 0. The molecule has 0 aromatic heterocycles. The molecule has 20 heavy (non-hydrogen) atoms. The summed E-state index contributed by atoms with van der Waals surface area (Å²) in [6.07, 6.45) is 3.52. The number of hydrogen-bond donors (Lipinski definition) is 1. The highest BCUT2D eigenvalue weighted by Gasteiger charge is 2.17. The maximum Gasteiger partial charge on any atom is 0.0788 e. The van der Waals surface area contributed by atoms with Gasteiger partial charge in [-0.25, -0.2) is 0 Å². The van der Waals surface area contributed by atoms with Crippen LogP contribution in [0.5, 0.6) is 0 Å². The number of nitrogens with two attached hydrogens (primary N) is 1. The summed E-state index contributed by atoms with van der Waals surface area (Å²) in [5.74, 6) is 1.06. The first-order valence-electron chi connectivity index (χ1n) is 7.18. The first-order valence-corrected chi connectivity index (χ1v) is 8.17. The van der Waals surface area contributed by atoms with Crippen LogP contribution in [0.4, 0.5) is 0 Å². The fraction of sp³-hybridized carbons (Fsp3) is 0.222. The topological polar surface area (TPSA) is 16.6 Å². The van der Waals surface area contributed by atoms with E-state index in [9.17, 15) is 0 Å². The molecule has 2 aromatic rings. The predicted molar refractivity (Wildman–Crippen MR) is 86.9 cm³/mol. The van der Waals surface area contributed by atoms with Crippen LogP contribution in [0.2, 0.25) is 0 Å². The van der Waals surface area contributed by atoms with Crippen LogP contribution in [0.25, 0.3) is 5.57 Å². The van der Waals surface area contributed by atoms with Crippen LogP contribution in [0, 0.1) is 0 Å². The molecule has 102 valence electrons. The second-order valence-electron chi connectivity index (χ2n) is 5.05. The Hall–Kier alpha value is -1.51. The van der Waals surface area contributed by atoms with Crippen LogP contribution in [0.15, 0.2) is 59.5 Å². The summed E-state index contributed by atoms with van der Waals surface area (Å²) in [7, 11) is 2.13. The van der Waals surface area contributed by atoms with Gasteiger partial charge in [0, 0.05) is 17.1 Å². The van der Waals surface area contributed by atoms with Crippen molar-refractivity contribution in [1.29, 1.82) is 0 Å². The third-order valence-electron chi connectivity index (χ3n) is 3.67. The second-order valence-corrected chi connectivity index (χ2v) is 6.06. The number of rotatable bonds is 3. The van der Waals surface area contributed by atoms with E-state index in [2.05, 4.69) is 67.0 Å². The lowest BCUT2D eigenvalue weighted by molar-refractivity contribution is -0.626. The van der Waals surface area contributed by atoms with Crippen molar-refractivity contribution in [1.82, 2.24) is 0 Å². The highest BCUT2D eigenvalue weighted by atomic mass is 32.2. The molecule has 0 spiro atoms. The monoisotopic (exact) mass is 282 g/mol. The van der Waals surface area contributed by atoms with Crippen LogP contribution >= 0.6 is 11.8 Å². The van der Waals surface area contributed by atoms with Crippen molar-refractivity contribution in [3.63, 3.8) is 0 Å². The number of quaternary nitrogens is 1. The summed E-state index contributed by atoms with van der Waals surface area (Å²) in [5, 5.41) is 2.24. The lowest BCUT2D eigenvalue weighted by Crippen LogP contribution is -2.79. The molecule has 2 aromatic carbocycles. The van der Waals surface area contributed by atoms with Crippen LogP contribution in [0.1, 0.15) is 23.1 Å². The van der Waals surface area contributed by atoms with Crippen molar-refractivity contribution in [2.24, 2.45) is 0 Å². The SMILES string of the molecule is C[NH2+]CC/C=C1/c2ccccc2CSc2ccccc21. The third-order valence-corrected chi connectivity index (χ3v) is 4.79. The van der Waals surface area contributed by atoms with Crippen molar-refractivity contribution in [3.8, 4) is 0 Å². The molecular formula is C18H20NS+. The Morgan fingerprint density at radius 2 is 1.80 bits per heavy atom. The quantitative estimate of drug-likeness (QED) is 0.855. The Bertz CT molecular complexity index is 581. The maximum absolute atomic E-state index is 2.41. The molecule has 0 saturated heterocycles. The number of thioether (sulfide) groups is 1. The molecule has 0 atom stereocenters. The van der Waals surface area contributed by atoms with Crippen molar-refractivity contribution >= 4 is 17.3 Å². The standard InChI is InChI=1S/C18H19NS/c1-19-12-6-10-16-15-8-3-2-7-14(15)13-20-18-11-5-4-9-17(16)18/h2-5,7-11,19H,6,12-13H2,1H3/p+1/b16-10-. The summed E-state index contributed by atoms with van der Waals surface area (Å²) in [6, 6.07) is 17.6. The van der Waals surface area contributed by atoms with E-state index in [0.717, 1.165) is 18.7 Å². The molecule has 1 nitrogen and oxygen atoms in total. The number of fused-ring (bicyclic) bond motifs is 2. The maximum atomic E-state index is 2.41. The van der Waals surface area contributed by atoms with Crippen molar-refractivity contribution in [2.75, 3.05) is 13.6 Å². The molecule has 2 heteroatoms. The van der Waals surface area contributed by atoms with Gasteiger partial charge in [0.05, 0.1) is 13.6 Å². The average Bonchev–Trinajstić information content (AvgIpc) is 2.66. The summed E-state index contributed by atoms with van der Waals surface area (Å²) in [5.41, 5.74) is 5.64. The highest BCUT2D eigenvalue weighted by molar-refractivity contribution is 7.98. The molecular weight excluding hydrogens is 262 g/mol. The van der Waals surface area contributed by atoms with Crippen LogP contribution in [0.3, 0.4) is 0 Å². The molecule has 0 unspecified atom stereocenters. The van der Waals surface area contributed by atoms with Gasteiger partial charge in [0.25, 0.3) is 0 Å². The van der Waals surface area contributed by atoms with E-state index in [1.54, 1.807) is 0 Å². The second kappa shape index (κ2) is 6.29. The minimum Gasteiger partial charge on any atom is -0.348 e. The molecule has 0 saturated carbocycles. The van der Waals surface area contributed by atoms with E-state index in [4.69, 9.17) is 0 Å². The minimum atomic E-state index is 1.06. The Morgan fingerprint density at radius 1 is 1.05 bits per heavy atom. The number of hydrogen-bond acceptors (Lipinski definition) is 1. The van der Waals surface area contributed by atoms with E-state index in [0.29, 0.717) is 0 Å². The Morgan fingerprint density at radius 3 is 2.65 bits per heavy atom. The van der Waals surface area contributed by atoms with Gasteiger partial charge >= 0.3 is 0 Å². The molecule has 1 aliphatic rings. The minimum absolute atomic E-state index is 1.06.